The third kappa shape index (κ3) is 5.78. The number of carbonyl (C=O) groups is 1. The Labute approximate surface area is 195 Å². The fourth-order valence-corrected chi connectivity index (χ4v) is 4.31. The number of thiophene rings is 1. The van der Waals surface area contributed by atoms with Crippen LogP contribution in [0.25, 0.3) is 10.4 Å². The van der Waals surface area contributed by atoms with Crippen LogP contribution < -0.4 is 15.8 Å². The number of benzene rings is 1. The molecule has 0 atom stereocenters. The van der Waals surface area contributed by atoms with E-state index in [1.54, 1.807) is 18.3 Å². The molecule has 2 aromatic heterocycles. The Morgan fingerprint density at radius 1 is 1.28 bits per heavy atom. The predicted molar refractivity (Wildman–Crippen MR) is 132 cm³/mol. The van der Waals surface area contributed by atoms with Gasteiger partial charge >= 0.3 is 6.01 Å². The minimum atomic E-state index is -0.568. The molecular weight excluding hydrogens is 442 g/mol. The van der Waals surface area contributed by atoms with Gasteiger partial charge in [-0.25, -0.2) is 4.98 Å². The van der Waals surface area contributed by atoms with Gasteiger partial charge in [-0.3, -0.25) is 4.79 Å². The van der Waals surface area contributed by atoms with Crippen molar-refractivity contribution in [2.45, 2.75) is 19.3 Å². The molecule has 0 radical (unpaired) electrons. The largest absolute Gasteiger partial charge is 0.458 e. The summed E-state index contributed by atoms with van der Waals surface area (Å²) in [6.07, 6.45) is 5.91. The molecule has 0 aliphatic heterocycles. The van der Waals surface area contributed by atoms with Gasteiger partial charge in [0, 0.05) is 11.1 Å². The molecular formula is C23H26N5O2S2+. The molecule has 0 aliphatic rings. The van der Waals surface area contributed by atoms with Crippen LogP contribution in [0.3, 0.4) is 0 Å². The molecule has 0 spiro atoms. The third-order valence-electron chi connectivity index (χ3n) is 4.77. The smallest absolute Gasteiger partial charge is 0.318 e. The number of aromatic nitrogens is 2. The number of ether oxygens (including phenoxy) is 1. The number of carbonyl (C=O) groups excluding carboxylic acids is 1. The van der Waals surface area contributed by atoms with E-state index in [1.807, 2.05) is 38.1 Å². The van der Waals surface area contributed by atoms with Crippen molar-refractivity contribution in [3.8, 4) is 22.5 Å². The molecule has 0 unspecified atom stereocenters. The van der Waals surface area contributed by atoms with E-state index in [0.717, 1.165) is 21.8 Å². The SMILES string of the molecule is C[S+](C)CCOc1nccc(Nc2sc(-c3ccc(C(C)(C)C#N)cc3)cc2C(N)=O)n1. The van der Waals surface area contributed by atoms with Crippen LogP contribution in [0, 0.1) is 11.3 Å². The summed E-state index contributed by atoms with van der Waals surface area (Å²) >= 11 is 1.41. The Morgan fingerprint density at radius 2 is 2.00 bits per heavy atom. The number of primary amides is 1. The van der Waals surface area contributed by atoms with Crippen molar-refractivity contribution in [2.75, 3.05) is 30.2 Å². The summed E-state index contributed by atoms with van der Waals surface area (Å²) in [4.78, 5) is 21.4. The monoisotopic (exact) mass is 468 g/mol. The Balaban J connectivity index is 1.83. The maximum atomic E-state index is 12.0. The number of nitrogens with one attached hydrogen (secondary N) is 1. The first-order chi connectivity index (χ1) is 15.2. The molecule has 0 bridgehead atoms. The van der Waals surface area contributed by atoms with E-state index in [0.29, 0.717) is 23.0 Å². The van der Waals surface area contributed by atoms with Crippen LogP contribution in [0.4, 0.5) is 10.8 Å². The van der Waals surface area contributed by atoms with E-state index in [9.17, 15) is 10.1 Å². The molecule has 3 rings (SSSR count). The first-order valence-corrected chi connectivity index (χ1v) is 12.9. The van der Waals surface area contributed by atoms with Crippen molar-refractivity contribution >= 4 is 39.0 Å². The average molecular weight is 469 g/mol. The van der Waals surface area contributed by atoms with Gasteiger partial charge in [0.05, 0.1) is 29.6 Å². The highest BCUT2D eigenvalue weighted by atomic mass is 32.2. The van der Waals surface area contributed by atoms with Crippen molar-refractivity contribution < 1.29 is 9.53 Å². The highest BCUT2D eigenvalue weighted by Gasteiger charge is 2.20. The molecule has 1 aromatic carbocycles. The number of rotatable bonds is 9. The first kappa shape index (κ1) is 23.6. The summed E-state index contributed by atoms with van der Waals surface area (Å²) in [5, 5.41) is 13.1. The predicted octanol–water partition coefficient (Wildman–Crippen LogP) is 4.11. The van der Waals surface area contributed by atoms with Gasteiger partial charge in [-0.2, -0.15) is 10.2 Å². The summed E-state index contributed by atoms with van der Waals surface area (Å²) in [6, 6.07) is 13.8. The maximum Gasteiger partial charge on any atom is 0.318 e. The van der Waals surface area contributed by atoms with Crippen molar-refractivity contribution in [2.24, 2.45) is 5.73 Å². The highest BCUT2D eigenvalue weighted by Crippen LogP contribution is 2.37. The average Bonchev–Trinajstić information content (AvgIpc) is 3.18. The summed E-state index contributed by atoms with van der Waals surface area (Å²) in [6.45, 7) is 4.31. The second-order valence-corrected chi connectivity index (χ2v) is 11.4. The molecule has 3 N–H and O–H groups in total. The summed E-state index contributed by atoms with van der Waals surface area (Å²) in [5.41, 5.74) is 7.30. The van der Waals surface area contributed by atoms with Gasteiger partial charge in [-0.15, -0.1) is 11.3 Å². The number of amides is 1. The fourth-order valence-electron chi connectivity index (χ4n) is 2.82. The van der Waals surface area contributed by atoms with Crippen LogP contribution in [-0.4, -0.2) is 40.7 Å². The van der Waals surface area contributed by atoms with Crippen LogP contribution >= 0.6 is 11.3 Å². The minimum Gasteiger partial charge on any atom is -0.458 e. The number of nitriles is 1. The summed E-state index contributed by atoms with van der Waals surface area (Å²) in [7, 11) is 0.281. The molecule has 0 saturated carbocycles. The number of nitrogens with two attached hydrogens (primary N) is 1. The second kappa shape index (κ2) is 10.0. The number of nitrogens with zero attached hydrogens (tertiary/aromatic N) is 3. The van der Waals surface area contributed by atoms with Crippen LogP contribution in [0.5, 0.6) is 6.01 Å². The lowest BCUT2D eigenvalue weighted by atomic mass is 9.86. The van der Waals surface area contributed by atoms with Gasteiger partial charge in [0.1, 0.15) is 23.2 Å². The normalized spacial score (nSPS) is 11.2. The zero-order valence-electron chi connectivity index (χ0n) is 18.5. The van der Waals surface area contributed by atoms with Gasteiger partial charge in [0.25, 0.3) is 5.91 Å². The van der Waals surface area contributed by atoms with Gasteiger partial charge in [0.2, 0.25) is 0 Å². The van der Waals surface area contributed by atoms with Gasteiger partial charge in [-0.05, 0) is 48.0 Å². The molecule has 2 heterocycles. The van der Waals surface area contributed by atoms with E-state index in [4.69, 9.17) is 10.5 Å². The van der Waals surface area contributed by atoms with Crippen LogP contribution in [0.2, 0.25) is 0 Å². The highest BCUT2D eigenvalue weighted by molar-refractivity contribution is 7.95. The molecule has 1 amide bonds. The van der Waals surface area contributed by atoms with E-state index in [1.165, 1.54) is 11.3 Å². The lowest BCUT2D eigenvalue weighted by Crippen LogP contribution is -2.13. The maximum absolute atomic E-state index is 12.0. The molecule has 32 heavy (non-hydrogen) atoms. The quantitative estimate of drug-likeness (QED) is 0.457. The molecule has 0 aliphatic carbocycles. The Bertz CT molecular complexity index is 1130. The zero-order chi connectivity index (χ0) is 23.3. The van der Waals surface area contributed by atoms with Gasteiger partial charge < -0.3 is 15.8 Å². The zero-order valence-corrected chi connectivity index (χ0v) is 20.1. The van der Waals surface area contributed by atoms with Crippen LogP contribution in [-0.2, 0) is 16.3 Å². The number of hydrogen-bond donors (Lipinski definition) is 2. The van der Waals surface area contributed by atoms with Crippen molar-refractivity contribution in [1.29, 1.82) is 5.26 Å². The summed E-state index contributed by atoms with van der Waals surface area (Å²) < 4.78 is 5.63. The van der Waals surface area contributed by atoms with Gasteiger partial charge in [0.15, 0.2) is 0 Å². The summed E-state index contributed by atoms with van der Waals surface area (Å²) in [5.74, 6) is 0.926. The number of hydrogen-bond acceptors (Lipinski definition) is 7. The van der Waals surface area contributed by atoms with E-state index in [-0.39, 0.29) is 16.9 Å². The molecule has 7 nitrogen and oxygen atoms in total. The molecule has 0 saturated heterocycles. The van der Waals surface area contributed by atoms with Crippen molar-refractivity contribution in [3.05, 3.63) is 53.7 Å². The third-order valence-corrected chi connectivity index (χ3v) is 6.85. The molecule has 0 fully saturated rings. The van der Waals surface area contributed by atoms with Crippen LogP contribution in [0.1, 0.15) is 29.8 Å². The van der Waals surface area contributed by atoms with E-state index in [2.05, 4.69) is 33.9 Å². The van der Waals surface area contributed by atoms with Crippen molar-refractivity contribution in [3.63, 3.8) is 0 Å². The second-order valence-electron chi connectivity index (χ2n) is 7.92. The van der Waals surface area contributed by atoms with Gasteiger partial charge in [-0.1, -0.05) is 24.3 Å². The fraction of sp³-hybridized carbons (Fsp3) is 0.304. The Morgan fingerprint density at radius 3 is 2.62 bits per heavy atom. The van der Waals surface area contributed by atoms with E-state index < -0.39 is 11.3 Å². The first-order valence-electron chi connectivity index (χ1n) is 9.92. The van der Waals surface area contributed by atoms with Crippen molar-refractivity contribution in [1.82, 2.24) is 9.97 Å². The molecule has 166 valence electrons. The topological polar surface area (TPSA) is 114 Å². The number of anilines is 2. The molecule has 9 heteroatoms. The molecule has 3 aromatic rings. The lowest BCUT2D eigenvalue weighted by Gasteiger charge is -2.15. The van der Waals surface area contributed by atoms with Crippen LogP contribution in [0.15, 0.2) is 42.6 Å². The van der Waals surface area contributed by atoms with E-state index >= 15 is 0 Å². The Kier molecular flexibility index (Phi) is 7.38. The lowest BCUT2D eigenvalue weighted by molar-refractivity contribution is 0.100. The Hall–Kier alpha value is -3.09. The minimum absolute atomic E-state index is 0.281. The standard InChI is InChI=1S/C23H25N5O2S2/c1-23(2,14-24)16-7-5-15(6-8-16)18-13-17(20(25)29)21(31-18)27-19-9-10-26-22(28-19)30-11-12-32(3)4/h5-10,13H,11-12H2,1-4H3,(H2-,25,26,27,28,29)/p+1.